The normalized spacial score (nSPS) is 11.9. The predicted octanol–water partition coefficient (Wildman–Crippen LogP) is 4.82. The number of hydrogen-bond donors (Lipinski definition) is 1. The van der Waals surface area contributed by atoms with Crippen LogP contribution in [0.25, 0.3) is 10.9 Å². The second kappa shape index (κ2) is 7.65. The summed E-state index contributed by atoms with van der Waals surface area (Å²) in [5, 5.41) is 4.88. The van der Waals surface area contributed by atoms with E-state index in [2.05, 4.69) is 68.0 Å². The van der Waals surface area contributed by atoms with Crippen LogP contribution in [0.3, 0.4) is 0 Å². The zero-order chi connectivity index (χ0) is 15.2. The Hall–Kier alpha value is -1.28. The molecule has 0 aliphatic heterocycles. The highest BCUT2D eigenvalue weighted by Crippen LogP contribution is 2.21. The number of nitrogens with zero attached hydrogens (tertiary/aromatic N) is 1. The van der Waals surface area contributed by atoms with E-state index < -0.39 is 0 Å². The van der Waals surface area contributed by atoms with E-state index in [-0.39, 0.29) is 0 Å². The van der Waals surface area contributed by atoms with Crippen LogP contribution in [0.1, 0.15) is 46.1 Å². The Kier molecular flexibility index (Phi) is 5.86. The summed E-state index contributed by atoms with van der Waals surface area (Å²) in [7, 11) is 0. The van der Waals surface area contributed by atoms with Crippen LogP contribution in [0.4, 0.5) is 0 Å². The molecule has 0 aliphatic carbocycles. The molecule has 0 amide bonds. The second-order valence-corrected chi connectivity index (χ2v) is 6.57. The fraction of sp³-hybridized carbons (Fsp3) is 0.579. The van der Waals surface area contributed by atoms with Gasteiger partial charge in [0.1, 0.15) is 0 Å². The van der Waals surface area contributed by atoms with Gasteiger partial charge in [0.25, 0.3) is 0 Å². The number of nitrogens with one attached hydrogen (secondary N) is 1. The molecule has 2 heteroatoms. The van der Waals surface area contributed by atoms with Gasteiger partial charge in [0.15, 0.2) is 0 Å². The molecule has 21 heavy (non-hydrogen) atoms. The Bertz CT molecular complexity index is 550. The van der Waals surface area contributed by atoms with Crippen LogP contribution >= 0.6 is 0 Å². The molecule has 0 unspecified atom stereocenters. The van der Waals surface area contributed by atoms with Gasteiger partial charge in [0.2, 0.25) is 0 Å². The number of hydrogen-bond acceptors (Lipinski definition) is 1. The summed E-state index contributed by atoms with van der Waals surface area (Å²) in [6, 6.07) is 9.12. The third-order valence-electron chi connectivity index (χ3n) is 4.33. The van der Waals surface area contributed by atoms with Crippen LogP contribution in [0.15, 0.2) is 30.5 Å². The fourth-order valence-corrected chi connectivity index (χ4v) is 2.85. The SMILES string of the molecule is CCC(CC)Cn1ccc2cc(CNCC(C)C)ccc21. The molecule has 2 nitrogen and oxygen atoms in total. The predicted molar refractivity (Wildman–Crippen MR) is 92.6 cm³/mol. The van der Waals surface area contributed by atoms with E-state index in [4.69, 9.17) is 0 Å². The quantitative estimate of drug-likeness (QED) is 0.736. The highest BCUT2D eigenvalue weighted by molar-refractivity contribution is 5.80. The summed E-state index contributed by atoms with van der Waals surface area (Å²) < 4.78 is 2.42. The van der Waals surface area contributed by atoms with Gasteiger partial charge in [0.05, 0.1) is 0 Å². The maximum Gasteiger partial charge on any atom is 0.0480 e. The van der Waals surface area contributed by atoms with E-state index in [0.29, 0.717) is 5.92 Å². The summed E-state index contributed by atoms with van der Waals surface area (Å²) in [4.78, 5) is 0. The van der Waals surface area contributed by atoms with E-state index >= 15 is 0 Å². The molecule has 0 saturated heterocycles. The van der Waals surface area contributed by atoms with Gasteiger partial charge in [-0.05, 0) is 47.5 Å². The van der Waals surface area contributed by atoms with Crippen molar-refractivity contribution < 1.29 is 0 Å². The Morgan fingerprint density at radius 1 is 1.10 bits per heavy atom. The van der Waals surface area contributed by atoms with Gasteiger partial charge < -0.3 is 9.88 Å². The zero-order valence-corrected chi connectivity index (χ0v) is 14.0. The minimum atomic E-state index is 0.704. The average Bonchev–Trinajstić information content (AvgIpc) is 2.86. The van der Waals surface area contributed by atoms with Crippen LogP contribution in [0.2, 0.25) is 0 Å². The average molecular weight is 286 g/mol. The summed E-state index contributed by atoms with van der Waals surface area (Å²) in [6.07, 6.45) is 4.76. The number of fused-ring (bicyclic) bond motifs is 1. The molecule has 0 atom stereocenters. The van der Waals surface area contributed by atoms with E-state index in [1.165, 1.54) is 29.3 Å². The van der Waals surface area contributed by atoms with Gasteiger partial charge >= 0.3 is 0 Å². The number of aromatic nitrogens is 1. The lowest BCUT2D eigenvalue weighted by atomic mass is 10.0. The molecule has 0 spiro atoms. The van der Waals surface area contributed by atoms with Gasteiger partial charge in [0, 0.05) is 24.8 Å². The maximum atomic E-state index is 3.52. The van der Waals surface area contributed by atoms with Crippen molar-refractivity contribution in [1.82, 2.24) is 9.88 Å². The van der Waals surface area contributed by atoms with Crippen molar-refractivity contribution >= 4 is 10.9 Å². The summed E-state index contributed by atoms with van der Waals surface area (Å²) in [5.41, 5.74) is 2.75. The molecule has 1 N–H and O–H groups in total. The molecular weight excluding hydrogens is 256 g/mol. The molecule has 1 heterocycles. The molecule has 0 aliphatic rings. The molecule has 1 aromatic carbocycles. The van der Waals surface area contributed by atoms with Crippen molar-refractivity contribution in [3.63, 3.8) is 0 Å². The van der Waals surface area contributed by atoms with E-state index in [9.17, 15) is 0 Å². The highest BCUT2D eigenvalue weighted by atomic mass is 15.0. The first-order chi connectivity index (χ1) is 10.1. The van der Waals surface area contributed by atoms with Crippen molar-refractivity contribution in [2.45, 2.75) is 53.6 Å². The molecule has 2 aromatic rings. The van der Waals surface area contributed by atoms with Crippen LogP contribution in [-0.2, 0) is 13.1 Å². The Morgan fingerprint density at radius 3 is 2.52 bits per heavy atom. The highest BCUT2D eigenvalue weighted by Gasteiger charge is 2.07. The van der Waals surface area contributed by atoms with Gasteiger partial charge in [-0.1, -0.05) is 46.6 Å². The first kappa shape index (κ1) is 16.1. The Labute approximate surface area is 129 Å². The van der Waals surface area contributed by atoms with Crippen molar-refractivity contribution in [3.8, 4) is 0 Å². The van der Waals surface area contributed by atoms with Crippen molar-refractivity contribution in [3.05, 3.63) is 36.0 Å². The van der Waals surface area contributed by atoms with Crippen LogP contribution in [0.5, 0.6) is 0 Å². The number of rotatable bonds is 8. The monoisotopic (exact) mass is 286 g/mol. The molecular formula is C19H30N2. The van der Waals surface area contributed by atoms with Crippen molar-refractivity contribution in [2.24, 2.45) is 11.8 Å². The smallest absolute Gasteiger partial charge is 0.0480 e. The summed E-state index contributed by atoms with van der Waals surface area (Å²) >= 11 is 0. The van der Waals surface area contributed by atoms with Crippen LogP contribution in [0, 0.1) is 11.8 Å². The van der Waals surface area contributed by atoms with Crippen molar-refractivity contribution in [2.75, 3.05) is 6.54 Å². The molecule has 0 fully saturated rings. The van der Waals surface area contributed by atoms with Gasteiger partial charge in [-0.25, -0.2) is 0 Å². The lowest BCUT2D eigenvalue weighted by Gasteiger charge is -2.14. The second-order valence-electron chi connectivity index (χ2n) is 6.57. The molecule has 0 bridgehead atoms. The van der Waals surface area contributed by atoms with Crippen LogP contribution < -0.4 is 5.32 Å². The lowest BCUT2D eigenvalue weighted by molar-refractivity contribution is 0.425. The largest absolute Gasteiger partial charge is 0.347 e. The topological polar surface area (TPSA) is 17.0 Å². The summed E-state index contributed by atoms with van der Waals surface area (Å²) in [6.45, 7) is 12.3. The molecule has 116 valence electrons. The third kappa shape index (κ3) is 4.34. The molecule has 2 rings (SSSR count). The Morgan fingerprint density at radius 2 is 1.86 bits per heavy atom. The molecule has 1 aromatic heterocycles. The van der Waals surface area contributed by atoms with Gasteiger partial charge in [-0.2, -0.15) is 0 Å². The molecule has 0 saturated carbocycles. The molecule has 0 radical (unpaired) electrons. The standard InChI is InChI=1S/C19H30N2/c1-5-16(6-2)14-21-10-9-18-11-17(7-8-19(18)21)13-20-12-15(3)4/h7-11,15-16,20H,5-6,12-14H2,1-4H3. The zero-order valence-electron chi connectivity index (χ0n) is 14.0. The lowest BCUT2D eigenvalue weighted by Crippen LogP contribution is -2.18. The van der Waals surface area contributed by atoms with Gasteiger partial charge in [-0.3, -0.25) is 0 Å². The first-order valence-electron chi connectivity index (χ1n) is 8.42. The van der Waals surface area contributed by atoms with Gasteiger partial charge in [-0.15, -0.1) is 0 Å². The van der Waals surface area contributed by atoms with E-state index in [1.807, 2.05) is 0 Å². The van der Waals surface area contributed by atoms with E-state index in [0.717, 1.165) is 25.6 Å². The first-order valence-corrected chi connectivity index (χ1v) is 8.42. The maximum absolute atomic E-state index is 3.52. The minimum absolute atomic E-state index is 0.704. The summed E-state index contributed by atoms with van der Waals surface area (Å²) in [5.74, 6) is 1.49. The fourth-order valence-electron chi connectivity index (χ4n) is 2.85. The van der Waals surface area contributed by atoms with Crippen LogP contribution in [-0.4, -0.2) is 11.1 Å². The minimum Gasteiger partial charge on any atom is -0.347 e. The third-order valence-corrected chi connectivity index (χ3v) is 4.33. The number of benzene rings is 1. The van der Waals surface area contributed by atoms with E-state index in [1.54, 1.807) is 0 Å². The Balaban J connectivity index is 2.07. The van der Waals surface area contributed by atoms with Crippen molar-refractivity contribution in [1.29, 1.82) is 0 Å².